The predicted molar refractivity (Wildman–Crippen MR) is 44.3 cm³/mol. The van der Waals surface area contributed by atoms with E-state index in [0.29, 0.717) is 6.04 Å². The van der Waals surface area contributed by atoms with Crippen LogP contribution in [0.25, 0.3) is 0 Å². The molecule has 0 radical (unpaired) electrons. The van der Waals surface area contributed by atoms with Gasteiger partial charge in [0.1, 0.15) is 0 Å². The molecule has 3 nitrogen and oxygen atoms in total. The van der Waals surface area contributed by atoms with Gasteiger partial charge in [-0.2, -0.15) is 0 Å². The van der Waals surface area contributed by atoms with Crippen LogP contribution in [0.1, 0.15) is 26.2 Å². The lowest BCUT2D eigenvalue weighted by molar-refractivity contribution is -0.118. The van der Waals surface area contributed by atoms with E-state index in [1.807, 2.05) is 0 Å². The van der Waals surface area contributed by atoms with E-state index < -0.39 is 0 Å². The molecule has 1 saturated heterocycles. The average Bonchev–Trinajstić information content (AvgIpc) is 2.39. The van der Waals surface area contributed by atoms with Gasteiger partial charge in [-0.25, -0.2) is 0 Å². The van der Waals surface area contributed by atoms with E-state index in [0.717, 1.165) is 19.5 Å². The molecule has 11 heavy (non-hydrogen) atoms. The standard InChI is InChI=1S/C8H16N2O/c1-7(11)9-6-4-8-3-2-5-10-8/h8,10H,2-6H2,1H3,(H,9,11)/t8-/m0/s1. The number of carbonyl (C=O) groups is 1. The number of hydrogen-bond donors (Lipinski definition) is 2. The van der Waals surface area contributed by atoms with Gasteiger partial charge in [0.25, 0.3) is 0 Å². The van der Waals surface area contributed by atoms with Crippen LogP contribution < -0.4 is 10.6 Å². The molecule has 0 aromatic heterocycles. The van der Waals surface area contributed by atoms with Crippen molar-refractivity contribution in [3.63, 3.8) is 0 Å². The molecule has 1 rings (SSSR count). The summed E-state index contributed by atoms with van der Waals surface area (Å²) in [6, 6.07) is 0.641. The van der Waals surface area contributed by atoms with Gasteiger partial charge in [-0.1, -0.05) is 0 Å². The highest BCUT2D eigenvalue weighted by Crippen LogP contribution is 2.07. The van der Waals surface area contributed by atoms with Crippen LogP contribution in [-0.2, 0) is 4.79 Å². The zero-order valence-corrected chi connectivity index (χ0v) is 7.02. The molecular weight excluding hydrogens is 140 g/mol. The third-order valence-electron chi connectivity index (χ3n) is 2.03. The molecular formula is C8H16N2O. The second-order valence-corrected chi connectivity index (χ2v) is 3.06. The number of nitrogens with one attached hydrogen (secondary N) is 2. The Balaban J connectivity index is 1.98. The third-order valence-corrected chi connectivity index (χ3v) is 2.03. The Kier molecular flexibility index (Phi) is 3.36. The molecule has 0 aromatic rings. The lowest BCUT2D eigenvalue weighted by Crippen LogP contribution is -2.29. The van der Waals surface area contributed by atoms with Gasteiger partial charge in [0.2, 0.25) is 5.91 Å². The van der Waals surface area contributed by atoms with E-state index >= 15 is 0 Å². The Morgan fingerprint density at radius 1 is 1.73 bits per heavy atom. The normalized spacial score (nSPS) is 23.5. The fourth-order valence-corrected chi connectivity index (χ4v) is 1.43. The molecule has 1 heterocycles. The maximum absolute atomic E-state index is 10.5. The van der Waals surface area contributed by atoms with Gasteiger partial charge in [0.15, 0.2) is 0 Å². The second-order valence-electron chi connectivity index (χ2n) is 3.06. The Bertz CT molecular complexity index is 130. The number of hydrogen-bond acceptors (Lipinski definition) is 2. The maximum atomic E-state index is 10.5. The van der Waals surface area contributed by atoms with Crippen LogP contribution in [0.4, 0.5) is 0 Å². The van der Waals surface area contributed by atoms with Crippen molar-refractivity contribution in [1.29, 1.82) is 0 Å². The Morgan fingerprint density at radius 3 is 3.09 bits per heavy atom. The summed E-state index contributed by atoms with van der Waals surface area (Å²) in [5.41, 5.74) is 0. The second kappa shape index (κ2) is 4.34. The fourth-order valence-electron chi connectivity index (χ4n) is 1.43. The van der Waals surface area contributed by atoms with Crippen molar-refractivity contribution in [2.45, 2.75) is 32.2 Å². The zero-order chi connectivity index (χ0) is 8.10. The van der Waals surface area contributed by atoms with Crippen LogP contribution >= 0.6 is 0 Å². The summed E-state index contributed by atoms with van der Waals surface area (Å²) >= 11 is 0. The van der Waals surface area contributed by atoms with Gasteiger partial charge in [0.05, 0.1) is 0 Å². The number of carbonyl (C=O) groups excluding carboxylic acids is 1. The van der Waals surface area contributed by atoms with Crippen LogP contribution in [0.2, 0.25) is 0 Å². The minimum absolute atomic E-state index is 0.0722. The molecule has 3 heteroatoms. The summed E-state index contributed by atoms with van der Waals surface area (Å²) in [6.07, 6.45) is 3.61. The minimum atomic E-state index is 0.0722. The molecule has 0 saturated carbocycles. The smallest absolute Gasteiger partial charge is 0.216 e. The summed E-state index contributed by atoms with van der Waals surface area (Å²) in [5, 5.41) is 6.17. The highest BCUT2D eigenvalue weighted by Gasteiger charge is 2.12. The van der Waals surface area contributed by atoms with Gasteiger partial charge in [-0.05, 0) is 25.8 Å². The van der Waals surface area contributed by atoms with Crippen molar-refractivity contribution in [3.05, 3.63) is 0 Å². The van der Waals surface area contributed by atoms with Crippen LogP contribution in [0.3, 0.4) is 0 Å². The Hall–Kier alpha value is -0.570. The quantitative estimate of drug-likeness (QED) is 0.615. The van der Waals surface area contributed by atoms with E-state index in [9.17, 15) is 4.79 Å². The van der Waals surface area contributed by atoms with Crippen molar-refractivity contribution in [2.75, 3.05) is 13.1 Å². The van der Waals surface area contributed by atoms with Gasteiger partial charge >= 0.3 is 0 Å². The predicted octanol–water partition coefficient (Wildman–Crippen LogP) is 0.265. The van der Waals surface area contributed by atoms with Crippen molar-refractivity contribution in [1.82, 2.24) is 10.6 Å². The first kappa shape index (κ1) is 8.53. The summed E-state index contributed by atoms with van der Waals surface area (Å²) < 4.78 is 0. The molecule has 0 spiro atoms. The topological polar surface area (TPSA) is 41.1 Å². The maximum Gasteiger partial charge on any atom is 0.216 e. The molecule has 0 aliphatic carbocycles. The summed E-state index contributed by atoms with van der Waals surface area (Å²) in [7, 11) is 0. The van der Waals surface area contributed by atoms with E-state index in [-0.39, 0.29) is 5.91 Å². The average molecular weight is 156 g/mol. The summed E-state index contributed by atoms with van der Waals surface area (Å²) in [4.78, 5) is 10.5. The molecule has 1 amide bonds. The number of amides is 1. The Morgan fingerprint density at radius 2 is 2.55 bits per heavy atom. The highest BCUT2D eigenvalue weighted by molar-refractivity contribution is 5.72. The Labute approximate surface area is 67.5 Å². The molecule has 1 aliphatic rings. The first-order valence-corrected chi connectivity index (χ1v) is 4.27. The lowest BCUT2D eigenvalue weighted by Gasteiger charge is -2.09. The summed E-state index contributed by atoms with van der Waals surface area (Å²) in [6.45, 7) is 3.51. The molecule has 0 bridgehead atoms. The molecule has 1 fully saturated rings. The van der Waals surface area contributed by atoms with Gasteiger partial charge in [-0.15, -0.1) is 0 Å². The lowest BCUT2D eigenvalue weighted by atomic mass is 10.1. The molecule has 64 valence electrons. The molecule has 2 N–H and O–H groups in total. The van der Waals surface area contributed by atoms with Crippen molar-refractivity contribution < 1.29 is 4.79 Å². The number of rotatable bonds is 3. The van der Waals surface area contributed by atoms with Crippen molar-refractivity contribution in [2.24, 2.45) is 0 Å². The van der Waals surface area contributed by atoms with Crippen LogP contribution in [0.5, 0.6) is 0 Å². The van der Waals surface area contributed by atoms with Crippen LogP contribution in [0.15, 0.2) is 0 Å². The third kappa shape index (κ3) is 3.37. The molecule has 0 aromatic carbocycles. The largest absolute Gasteiger partial charge is 0.356 e. The van der Waals surface area contributed by atoms with E-state index in [4.69, 9.17) is 0 Å². The molecule has 1 aliphatic heterocycles. The van der Waals surface area contributed by atoms with Gasteiger partial charge in [-0.3, -0.25) is 4.79 Å². The van der Waals surface area contributed by atoms with Crippen LogP contribution in [-0.4, -0.2) is 25.0 Å². The minimum Gasteiger partial charge on any atom is -0.356 e. The van der Waals surface area contributed by atoms with Gasteiger partial charge in [0, 0.05) is 19.5 Å². The monoisotopic (exact) mass is 156 g/mol. The van der Waals surface area contributed by atoms with Crippen molar-refractivity contribution >= 4 is 5.91 Å². The fraction of sp³-hybridized carbons (Fsp3) is 0.875. The summed E-state index contributed by atoms with van der Waals surface area (Å²) in [5.74, 6) is 0.0722. The first-order chi connectivity index (χ1) is 5.29. The highest BCUT2D eigenvalue weighted by atomic mass is 16.1. The molecule has 1 atom stereocenters. The zero-order valence-electron chi connectivity index (χ0n) is 7.02. The SMILES string of the molecule is CC(=O)NCC[C@@H]1CCCN1. The van der Waals surface area contributed by atoms with Gasteiger partial charge < -0.3 is 10.6 Å². The molecule has 0 unspecified atom stereocenters. The first-order valence-electron chi connectivity index (χ1n) is 4.27. The van der Waals surface area contributed by atoms with E-state index in [1.165, 1.54) is 12.8 Å². The van der Waals surface area contributed by atoms with Crippen LogP contribution in [0, 0.1) is 0 Å². The van der Waals surface area contributed by atoms with E-state index in [1.54, 1.807) is 6.92 Å². The van der Waals surface area contributed by atoms with E-state index in [2.05, 4.69) is 10.6 Å². The van der Waals surface area contributed by atoms with Crippen molar-refractivity contribution in [3.8, 4) is 0 Å².